The molecule has 0 unspecified atom stereocenters. The molecule has 0 aliphatic heterocycles. The first-order valence-corrected chi connectivity index (χ1v) is 19.1. The highest BCUT2D eigenvalue weighted by molar-refractivity contribution is 7.08. The largest absolute Gasteiger partial charge is 0.456 e. The fraction of sp³-hybridized carbons (Fsp3) is 0.0196. The second-order valence-corrected chi connectivity index (χ2v) is 14.8. The van der Waals surface area contributed by atoms with Crippen LogP contribution in [0.3, 0.4) is 0 Å². The summed E-state index contributed by atoms with van der Waals surface area (Å²) in [6.45, 7) is 2.22. The summed E-state index contributed by atoms with van der Waals surface area (Å²) in [4.78, 5) is 0. The molecule has 0 atom stereocenters. The monoisotopic (exact) mass is 692 g/mol. The van der Waals surface area contributed by atoms with Gasteiger partial charge in [0.05, 0.1) is 0 Å². The van der Waals surface area contributed by atoms with E-state index in [1.54, 1.807) is 11.3 Å². The number of rotatable bonds is 4. The lowest BCUT2D eigenvalue weighted by atomic mass is 9.84. The summed E-state index contributed by atoms with van der Waals surface area (Å²) in [5, 5.41) is 16.8. The lowest BCUT2D eigenvalue weighted by molar-refractivity contribution is 0.669. The van der Waals surface area contributed by atoms with Gasteiger partial charge in [0.15, 0.2) is 0 Å². The zero-order chi connectivity index (χ0) is 35.0. The summed E-state index contributed by atoms with van der Waals surface area (Å²) in [6.07, 6.45) is 0. The standard InChI is InChI=1S/C51H32OS/c1-31-29-53-30-44(31)50-40-22-11-7-18-36(40)48(37-19-8-12-23-41(37)50)33-26-27-42-46(28-33)52-45-25-13-24-43(51(42)45)49-38-20-9-5-16-34(38)47(32-14-3-2-4-15-32)35-17-6-10-21-39(35)49/h2-30H,1H3. The van der Waals surface area contributed by atoms with E-state index >= 15 is 0 Å². The molecule has 0 N–H and O–H groups in total. The van der Waals surface area contributed by atoms with Crippen molar-refractivity contribution in [2.24, 2.45) is 0 Å². The summed E-state index contributed by atoms with van der Waals surface area (Å²) >= 11 is 1.77. The van der Waals surface area contributed by atoms with Gasteiger partial charge in [-0.2, -0.15) is 11.3 Å². The molecule has 11 rings (SSSR count). The number of hydrogen-bond donors (Lipinski definition) is 0. The minimum Gasteiger partial charge on any atom is -0.456 e. The number of fused-ring (bicyclic) bond motifs is 7. The molecular weight excluding hydrogens is 661 g/mol. The molecule has 53 heavy (non-hydrogen) atoms. The van der Waals surface area contributed by atoms with E-state index < -0.39 is 0 Å². The second kappa shape index (κ2) is 11.8. The van der Waals surface area contributed by atoms with Gasteiger partial charge in [-0.05, 0) is 129 Å². The average molecular weight is 693 g/mol. The SMILES string of the molecule is Cc1cscc1-c1c2ccccc2c(-c2ccc3c(c2)oc2cccc(-c4c5ccccc5c(-c5ccccc5)c5ccccc45)c23)c2ccccc12. The summed E-state index contributed by atoms with van der Waals surface area (Å²) in [5.74, 6) is 0. The van der Waals surface area contributed by atoms with Crippen molar-refractivity contribution < 1.29 is 4.42 Å². The van der Waals surface area contributed by atoms with Crippen LogP contribution in [0.5, 0.6) is 0 Å². The van der Waals surface area contributed by atoms with E-state index in [1.807, 2.05) is 0 Å². The van der Waals surface area contributed by atoms with Gasteiger partial charge in [-0.1, -0.05) is 146 Å². The van der Waals surface area contributed by atoms with Crippen LogP contribution in [0.2, 0.25) is 0 Å². The van der Waals surface area contributed by atoms with E-state index in [-0.39, 0.29) is 0 Å². The molecule has 9 aromatic carbocycles. The Morgan fingerprint density at radius 3 is 1.38 bits per heavy atom. The molecule has 0 amide bonds. The van der Waals surface area contributed by atoms with E-state index in [9.17, 15) is 0 Å². The third-order valence-corrected chi connectivity index (χ3v) is 12.0. The smallest absolute Gasteiger partial charge is 0.136 e. The van der Waals surface area contributed by atoms with Crippen molar-refractivity contribution in [2.75, 3.05) is 0 Å². The molecule has 2 heterocycles. The van der Waals surface area contributed by atoms with Crippen LogP contribution in [0.15, 0.2) is 179 Å². The van der Waals surface area contributed by atoms with Crippen LogP contribution in [0, 0.1) is 6.92 Å². The minimum absolute atomic E-state index is 0.894. The Labute approximate surface area is 311 Å². The van der Waals surface area contributed by atoms with E-state index in [4.69, 9.17) is 4.42 Å². The molecule has 0 saturated carbocycles. The Bertz CT molecular complexity index is 3120. The van der Waals surface area contributed by atoms with Crippen LogP contribution >= 0.6 is 11.3 Å². The topological polar surface area (TPSA) is 13.1 Å². The van der Waals surface area contributed by atoms with Crippen molar-refractivity contribution in [1.82, 2.24) is 0 Å². The highest BCUT2D eigenvalue weighted by Gasteiger charge is 2.22. The fourth-order valence-corrected chi connectivity index (χ4v) is 9.71. The third kappa shape index (κ3) is 4.49. The molecule has 0 spiro atoms. The van der Waals surface area contributed by atoms with E-state index in [1.165, 1.54) is 87.6 Å². The Morgan fingerprint density at radius 2 is 0.849 bits per heavy atom. The Balaban J connectivity index is 1.18. The molecule has 248 valence electrons. The van der Waals surface area contributed by atoms with Crippen LogP contribution in [-0.2, 0) is 0 Å². The second-order valence-electron chi connectivity index (χ2n) is 14.0. The lowest BCUT2D eigenvalue weighted by Gasteiger charge is -2.18. The van der Waals surface area contributed by atoms with E-state index in [0.29, 0.717) is 0 Å². The quantitative estimate of drug-likeness (QED) is 0.167. The van der Waals surface area contributed by atoms with Crippen molar-refractivity contribution in [2.45, 2.75) is 6.92 Å². The minimum atomic E-state index is 0.894. The maximum absolute atomic E-state index is 6.82. The van der Waals surface area contributed by atoms with Crippen molar-refractivity contribution in [3.63, 3.8) is 0 Å². The molecule has 0 radical (unpaired) electrons. The van der Waals surface area contributed by atoms with E-state index in [2.05, 4.69) is 181 Å². The van der Waals surface area contributed by atoms with Crippen molar-refractivity contribution >= 4 is 76.4 Å². The van der Waals surface area contributed by atoms with Crippen molar-refractivity contribution in [3.8, 4) is 44.5 Å². The maximum atomic E-state index is 6.82. The molecule has 0 bridgehead atoms. The molecule has 0 saturated heterocycles. The molecule has 2 heteroatoms. The van der Waals surface area contributed by atoms with Gasteiger partial charge in [0, 0.05) is 10.8 Å². The number of benzene rings is 9. The van der Waals surface area contributed by atoms with Crippen molar-refractivity contribution in [1.29, 1.82) is 0 Å². The fourth-order valence-electron chi connectivity index (χ4n) is 8.87. The maximum Gasteiger partial charge on any atom is 0.136 e. The van der Waals surface area contributed by atoms with Gasteiger partial charge in [0.1, 0.15) is 11.2 Å². The molecule has 11 aromatic rings. The highest BCUT2D eigenvalue weighted by atomic mass is 32.1. The summed E-state index contributed by atoms with van der Waals surface area (Å²) in [5.41, 5.74) is 13.0. The number of thiophene rings is 1. The van der Waals surface area contributed by atoms with Gasteiger partial charge in [0.25, 0.3) is 0 Å². The van der Waals surface area contributed by atoms with Crippen LogP contribution in [-0.4, -0.2) is 0 Å². The average Bonchev–Trinajstić information content (AvgIpc) is 3.81. The molecular formula is C51H32OS. The lowest BCUT2D eigenvalue weighted by Crippen LogP contribution is -1.91. The third-order valence-electron chi connectivity index (χ3n) is 11.1. The molecule has 2 aromatic heterocycles. The zero-order valence-corrected chi connectivity index (χ0v) is 29.9. The van der Waals surface area contributed by atoms with Gasteiger partial charge in [-0.15, -0.1) is 0 Å². The predicted molar refractivity (Wildman–Crippen MR) is 228 cm³/mol. The van der Waals surface area contributed by atoms with Crippen LogP contribution in [0.25, 0.3) is 110 Å². The first-order chi connectivity index (χ1) is 26.2. The van der Waals surface area contributed by atoms with Gasteiger partial charge in [0.2, 0.25) is 0 Å². The molecule has 0 aliphatic rings. The Hall–Kier alpha value is -6.48. The van der Waals surface area contributed by atoms with E-state index in [0.717, 1.165) is 27.5 Å². The normalized spacial score (nSPS) is 11.9. The van der Waals surface area contributed by atoms with Gasteiger partial charge >= 0.3 is 0 Å². The summed E-state index contributed by atoms with van der Waals surface area (Å²) in [7, 11) is 0. The Kier molecular flexibility index (Phi) is 6.71. The zero-order valence-electron chi connectivity index (χ0n) is 29.1. The molecule has 0 fully saturated rings. The van der Waals surface area contributed by atoms with Crippen molar-refractivity contribution in [3.05, 3.63) is 180 Å². The predicted octanol–water partition coefficient (Wildman–Crippen LogP) is 15.2. The highest BCUT2D eigenvalue weighted by Crippen LogP contribution is 2.49. The molecule has 1 nitrogen and oxygen atoms in total. The van der Waals surface area contributed by atoms with Crippen LogP contribution in [0.1, 0.15) is 5.56 Å². The Morgan fingerprint density at radius 1 is 0.358 bits per heavy atom. The van der Waals surface area contributed by atoms with Crippen LogP contribution in [0.4, 0.5) is 0 Å². The van der Waals surface area contributed by atoms with Gasteiger partial charge < -0.3 is 4.42 Å². The number of furan rings is 1. The van der Waals surface area contributed by atoms with Gasteiger partial charge in [-0.25, -0.2) is 0 Å². The van der Waals surface area contributed by atoms with Crippen LogP contribution < -0.4 is 0 Å². The first-order valence-electron chi connectivity index (χ1n) is 18.2. The number of hydrogen-bond acceptors (Lipinski definition) is 2. The molecule has 0 aliphatic carbocycles. The van der Waals surface area contributed by atoms with Gasteiger partial charge in [-0.3, -0.25) is 0 Å². The first kappa shape index (κ1) is 30.2. The number of aryl methyl sites for hydroxylation is 1. The summed E-state index contributed by atoms with van der Waals surface area (Å²) < 4.78 is 6.82. The summed E-state index contributed by atoms with van der Waals surface area (Å²) in [6, 6.07) is 59.6.